The molecular weight excluding hydrogens is 490 g/mol. The minimum Gasteiger partial charge on any atom is -0.497 e. The number of methoxy groups -OCH3 is 3. The summed E-state index contributed by atoms with van der Waals surface area (Å²) in [6.45, 7) is 0.103. The zero-order chi connectivity index (χ0) is 26.5. The average molecular weight is 524 g/mol. The molecule has 196 valence electrons. The fourth-order valence-electron chi connectivity index (χ4n) is 3.80. The van der Waals surface area contributed by atoms with E-state index in [0.29, 0.717) is 18.6 Å². The summed E-state index contributed by atoms with van der Waals surface area (Å²) in [5.74, 6) is 1.67. The summed E-state index contributed by atoms with van der Waals surface area (Å²) >= 11 is 1.58. The predicted octanol–water partition coefficient (Wildman–Crippen LogP) is 5.41. The van der Waals surface area contributed by atoms with Crippen molar-refractivity contribution in [2.75, 3.05) is 21.3 Å². The first-order chi connectivity index (χ1) is 18.0. The van der Waals surface area contributed by atoms with Gasteiger partial charge in [0, 0.05) is 11.0 Å². The van der Waals surface area contributed by atoms with Gasteiger partial charge < -0.3 is 24.3 Å². The lowest BCUT2D eigenvalue weighted by atomic mass is 10.0. The Labute approximate surface area is 222 Å². The standard InChI is InChI=1S/C29H33NO6S/c1-33-24-16-13-22(14-17-24)20-37-26(18-15-23-11-7-8-12-25(23)34-2)27(28(31)35-3)30-29(32)36-19-21-9-5-4-6-10-21/h4-14,16-17,26-27H,15,18-20H2,1-3H3,(H,30,32). The highest BCUT2D eigenvalue weighted by Gasteiger charge is 2.32. The van der Waals surface area contributed by atoms with Crippen LogP contribution in [0.4, 0.5) is 4.79 Å². The molecule has 2 atom stereocenters. The number of alkyl carbamates (subject to hydrolysis) is 1. The lowest BCUT2D eigenvalue weighted by molar-refractivity contribution is -0.143. The van der Waals surface area contributed by atoms with E-state index in [1.807, 2.05) is 78.9 Å². The predicted molar refractivity (Wildman–Crippen MR) is 145 cm³/mol. The van der Waals surface area contributed by atoms with Crippen LogP contribution in [0.5, 0.6) is 11.5 Å². The lowest BCUT2D eigenvalue weighted by Crippen LogP contribution is -2.48. The minimum atomic E-state index is -0.897. The highest BCUT2D eigenvalue weighted by molar-refractivity contribution is 7.99. The molecule has 0 aliphatic carbocycles. The van der Waals surface area contributed by atoms with Crippen molar-refractivity contribution in [3.05, 3.63) is 95.6 Å². The van der Waals surface area contributed by atoms with E-state index < -0.39 is 18.1 Å². The molecule has 1 N–H and O–H groups in total. The van der Waals surface area contributed by atoms with Crippen LogP contribution in [-0.4, -0.2) is 44.7 Å². The maximum Gasteiger partial charge on any atom is 0.408 e. The number of aryl methyl sites for hydroxylation is 1. The SMILES string of the molecule is COC(=O)C(NC(=O)OCc1ccccc1)C(CCc1ccccc1OC)SCc1ccc(OC)cc1. The van der Waals surface area contributed by atoms with Crippen molar-refractivity contribution in [3.8, 4) is 11.5 Å². The van der Waals surface area contributed by atoms with Gasteiger partial charge in [-0.05, 0) is 47.7 Å². The lowest BCUT2D eigenvalue weighted by Gasteiger charge is -2.26. The fourth-order valence-corrected chi connectivity index (χ4v) is 5.06. The molecule has 3 aromatic carbocycles. The fraction of sp³-hybridized carbons (Fsp3) is 0.310. The van der Waals surface area contributed by atoms with Gasteiger partial charge in [0.05, 0.1) is 21.3 Å². The highest BCUT2D eigenvalue weighted by Crippen LogP contribution is 2.28. The van der Waals surface area contributed by atoms with Crippen LogP contribution in [-0.2, 0) is 33.0 Å². The van der Waals surface area contributed by atoms with Crippen molar-refractivity contribution in [2.45, 2.75) is 36.5 Å². The molecule has 0 radical (unpaired) electrons. The van der Waals surface area contributed by atoms with E-state index in [0.717, 1.165) is 28.2 Å². The van der Waals surface area contributed by atoms with E-state index >= 15 is 0 Å². The molecule has 0 aromatic heterocycles. The number of ether oxygens (including phenoxy) is 4. The zero-order valence-corrected chi connectivity index (χ0v) is 22.2. The Kier molecular flexibility index (Phi) is 11.2. The Morgan fingerprint density at radius 2 is 1.54 bits per heavy atom. The van der Waals surface area contributed by atoms with Crippen LogP contribution in [0.1, 0.15) is 23.1 Å². The zero-order valence-electron chi connectivity index (χ0n) is 21.3. The molecular formula is C29H33NO6S. The normalized spacial score (nSPS) is 12.2. The molecule has 7 nitrogen and oxygen atoms in total. The van der Waals surface area contributed by atoms with Crippen LogP contribution in [0.3, 0.4) is 0 Å². The van der Waals surface area contributed by atoms with Gasteiger partial charge in [0.25, 0.3) is 0 Å². The third kappa shape index (κ3) is 8.75. The van der Waals surface area contributed by atoms with Crippen LogP contribution < -0.4 is 14.8 Å². The average Bonchev–Trinajstić information content (AvgIpc) is 2.95. The Bertz CT molecular complexity index is 1120. The monoisotopic (exact) mass is 523 g/mol. The summed E-state index contributed by atoms with van der Waals surface area (Å²) in [5.41, 5.74) is 2.95. The van der Waals surface area contributed by atoms with Gasteiger partial charge in [-0.3, -0.25) is 0 Å². The van der Waals surface area contributed by atoms with Crippen molar-refractivity contribution in [1.29, 1.82) is 0 Å². The molecule has 0 saturated carbocycles. The van der Waals surface area contributed by atoms with Gasteiger partial charge in [0.1, 0.15) is 24.1 Å². The summed E-state index contributed by atoms with van der Waals surface area (Å²) in [5, 5.41) is 2.46. The van der Waals surface area contributed by atoms with Crippen molar-refractivity contribution >= 4 is 23.8 Å². The molecule has 0 bridgehead atoms. The van der Waals surface area contributed by atoms with Gasteiger partial charge in [-0.25, -0.2) is 9.59 Å². The molecule has 8 heteroatoms. The van der Waals surface area contributed by atoms with Gasteiger partial charge in [-0.1, -0.05) is 60.7 Å². The second-order valence-corrected chi connectivity index (χ2v) is 9.48. The van der Waals surface area contributed by atoms with Gasteiger partial charge >= 0.3 is 12.1 Å². The molecule has 2 unspecified atom stereocenters. The van der Waals surface area contributed by atoms with E-state index in [-0.39, 0.29) is 11.9 Å². The topological polar surface area (TPSA) is 83.1 Å². The molecule has 0 heterocycles. The Morgan fingerprint density at radius 3 is 2.22 bits per heavy atom. The Morgan fingerprint density at radius 1 is 0.838 bits per heavy atom. The molecule has 3 rings (SSSR count). The van der Waals surface area contributed by atoms with Crippen LogP contribution in [0.25, 0.3) is 0 Å². The number of benzene rings is 3. The van der Waals surface area contributed by atoms with Gasteiger partial charge in [0.2, 0.25) is 0 Å². The van der Waals surface area contributed by atoms with Crippen molar-refractivity contribution in [1.82, 2.24) is 5.32 Å². The number of hydrogen-bond donors (Lipinski definition) is 1. The minimum absolute atomic E-state index is 0.103. The number of carbonyl (C=O) groups excluding carboxylic acids is 2. The van der Waals surface area contributed by atoms with E-state index in [4.69, 9.17) is 18.9 Å². The molecule has 37 heavy (non-hydrogen) atoms. The van der Waals surface area contributed by atoms with Crippen LogP contribution in [0.15, 0.2) is 78.9 Å². The molecule has 0 spiro atoms. The van der Waals surface area contributed by atoms with E-state index in [1.54, 1.807) is 26.0 Å². The first kappa shape index (κ1) is 27.9. The first-order valence-corrected chi connectivity index (χ1v) is 13.0. The van der Waals surface area contributed by atoms with Gasteiger partial charge in [0.15, 0.2) is 0 Å². The first-order valence-electron chi connectivity index (χ1n) is 12.0. The number of rotatable bonds is 13. The van der Waals surface area contributed by atoms with E-state index in [1.165, 1.54) is 7.11 Å². The molecule has 3 aromatic rings. The summed E-state index contributed by atoms with van der Waals surface area (Å²) in [6.07, 6.45) is 0.574. The summed E-state index contributed by atoms with van der Waals surface area (Å²) < 4.78 is 21.2. The molecule has 0 saturated heterocycles. The second kappa shape index (κ2) is 14.8. The number of hydrogen-bond acceptors (Lipinski definition) is 7. The molecule has 1 amide bonds. The largest absolute Gasteiger partial charge is 0.497 e. The van der Waals surface area contributed by atoms with Crippen LogP contribution >= 0.6 is 11.8 Å². The summed E-state index contributed by atoms with van der Waals surface area (Å²) in [6, 6.07) is 24.0. The van der Waals surface area contributed by atoms with Gasteiger partial charge in [-0.15, -0.1) is 0 Å². The van der Waals surface area contributed by atoms with Crippen LogP contribution in [0.2, 0.25) is 0 Å². The third-order valence-corrected chi connectivity index (χ3v) is 7.26. The van der Waals surface area contributed by atoms with Crippen molar-refractivity contribution in [2.24, 2.45) is 0 Å². The Balaban J connectivity index is 1.75. The third-order valence-electron chi connectivity index (χ3n) is 5.83. The molecule has 0 fully saturated rings. The van der Waals surface area contributed by atoms with Crippen molar-refractivity contribution in [3.63, 3.8) is 0 Å². The van der Waals surface area contributed by atoms with Crippen molar-refractivity contribution < 1.29 is 28.5 Å². The number of amides is 1. The summed E-state index contributed by atoms with van der Waals surface area (Å²) in [7, 11) is 4.58. The smallest absolute Gasteiger partial charge is 0.408 e. The quantitative estimate of drug-likeness (QED) is 0.300. The van der Waals surface area contributed by atoms with Gasteiger partial charge in [-0.2, -0.15) is 11.8 Å². The number of thioether (sulfide) groups is 1. The number of carbonyl (C=O) groups is 2. The molecule has 0 aliphatic rings. The Hall–Kier alpha value is -3.65. The number of nitrogens with one attached hydrogen (secondary N) is 1. The molecule has 0 aliphatic heterocycles. The second-order valence-electron chi connectivity index (χ2n) is 8.25. The maximum atomic E-state index is 12.8. The van der Waals surface area contributed by atoms with E-state index in [9.17, 15) is 9.59 Å². The van der Waals surface area contributed by atoms with Crippen LogP contribution in [0, 0.1) is 0 Å². The highest BCUT2D eigenvalue weighted by atomic mass is 32.2. The number of para-hydroxylation sites is 1. The number of esters is 1. The van der Waals surface area contributed by atoms with E-state index in [2.05, 4.69) is 5.32 Å². The summed E-state index contributed by atoms with van der Waals surface area (Å²) in [4.78, 5) is 25.5. The maximum absolute atomic E-state index is 12.8.